The molecule has 0 aliphatic carbocycles. The van der Waals surface area contributed by atoms with E-state index in [1.165, 1.54) is 0 Å². The Balaban J connectivity index is 1.25. The van der Waals surface area contributed by atoms with Crippen molar-refractivity contribution in [3.8, 4) is 5.75 Å². The fourth-order valence-electron chi connectivity index (χ4n) is 4.05. The maximum absolute atomic E-state index is 12.3. The van der Waals surface area contributed by atoms with Crippen molar-refractivity contribution in [2.75, 3.05) is 26.7 Å². The molecule has 4 rings (SSSR count). The molecule has 1 aliphatic rings. The van der Waals surface area contributed by atoms with E-state index in [1.54, 1.807) is 7.11 Å². The monoisotopic (exact) mass is 392 g/mol. The first-order valence-corrected chi connectivity index (χ1v) is 10.3. The standard InChI is InChI=1S/C24H28N2O3/c1-28-21-10-8-18(9-11-21)13-24(27)25-15-19-5-4-12-26(16-19)17-22-14-20-6-2-3-7-23(20)29-22/h2-3,6-11,14,19H,4-5,12-13,15-17H2,1H3,(H,25,27)/t19-/m1/s1. The predicted octanol–water partition coefficient (Wildman–Crippen LogP) is 4.01. The zero-order valence-electron chi connectivity index (χ0n) is 16.9. The minimum absolute atomic E-state index is 0.0737. The van der Waals surface area contributed by atoms with Gasteiger partial charge in [0, 0.05) is 18.5 Å². The van der Waals surface area contributed by atoms with Crippen LogP contribution >= 0.6 is 0 Å². The molecule has 1 N–H and O–H groups in total. The molecular weight excluding hydrogens is 364 g/mol. The van der Waals surface area contributed by atoms with Gasteiger partial charge in [0.25, 0.3) is 0 Å². The van der Waals surface area contributed by atoms with E-state index in [2.05, 4.69) is 22.3 Å². The van der Waals surface area contributed by atoms with Crippen molar-refractivity contribution in [3.63, 3.8) is 0 Å². The number of carbonyl (C=O) groups excluding carboxylic acids is 1. The highest BCUT2D eigenvalue weighted by Gasteiger charge is 2.21. The van der Waals surface area contributed by atoms with Gasteiger partial charge in [0.1, 0.15) is 17.1 Å². The molecule has 5 nitrogen and oxygen atoms in total. The second kappa shape index (κ2) is 9.14. The smallest absolute Gasteiger partial charge is 0.224 e. The number of piperidine rings is 1. The van der Waals surface area contributed by atoms with E-state index >= 15 is 0 Å². The predicted molar refractivity (Wildman–Crippen MR) is 114 cm³/mol. The summed E-state index contributed by atoms with van der Waals surface area (Å²) in [5, 5.41) is 4.27. The topological polar surface area (TPSA) is 54.7 Å². The van der Waals surface area contributed by atoms with Crippen molar-refractivity contribution in [1.29, 1.82) is 0 Å². The molecule has 1 fully saturated rings. The van der Waals surface area contributed by atoms with Gasteiger partial charge in [-0.05, 0) is 55.1 Å². The number of methoxy groups -OCH3 is 1. The van der Waals surface area contributed by atoms with Crippen molar-refractivity contribution >= 4 is 16.9 Å². The molecule has 1 aromatic heterocycles. The van der Waals surface area contributed by atoms with Crippen molar-refractivity contribution in [3.05, 3.63) is 65.9 Å². The van der Waals surface area contributed by atoms with Crippen LogP contribution in [0.5, 0.6) is 5.75 Å². The molecule has 0 saturated carbocycles. The summed E-state index contributed by atoms with van der Waals surface area (Å²) in [5.74, 6) is 2.37. The van der Waals surface area contributed by atoms with E-state index in [-0.39, 0.29) is 5.91 Å². The zero-order valence-corrected chi connectivity index (χ0v) is 16.9. The minimum atomic E-state index is 0.0737. The first kappa shape index (κ1) is 19.5. The summed E-state index contributed by atoms with van der Waals surface area (Å²) in [4.78, 5) is 14.7. The zero-order chi connectivity index (χ0) is 20.1. The summed E-state index contributed by atoms with van der Waals surface area (Å²) >= 11 is 0. The Labute approximate surface area is 171 Å². The lowest BCUT2D eigenvalue weighted by Gasteiger charge is -2.32. The van der Waals surface area contributed by atoms with Crippen molar-refractivity contribution in [2.45, 2.75) is 25.8 Å². The third kappa shape index (κ3) is 5.18. The average Bonchev–Trinajstić information content (AvgIpc) is 3.15. The number of furan rings is 1. The van der Waals surface area contributed by atoms with Gasteiger partial charge in [0.2, 0.25) is 5.91 Å². The van der Waals surface area contributed by atoms with Crippen LogP contribution in [0, 0.1) is 5.92 Å². The van der Waals surface area contributed by atoms with Crippen LogP contribution in [0.4, 0.5) is 0 Å². The molecule has 1 atom stereocenters. The Morgan fingerprint density at radius 1 is 1.21 bits per heavy atom. The first-order valence-electron chi connectivity index (χ1n) is 10.3. The number of likely N-dealkylation sites (tertiary alicyclic amines) is 1. The van der Waals surface area contributed by atoms with Crippen LogP contribution in [-0.2, 0) is 17.8 Å². The van der Waals surface area contributed by atoms with Gasteiger partial charge in [-0.1, -0.05) is 30.3 Å². The molecule has 29 heavy (non-hydrogen) atoms. The van der Waals surface area contributed by atoms with Gasteiger partial charge in [0.05, 0.1) is 20.1 Å². The maximum atomic E-state index is 12.3. The lowest BCUT2D eigenvalue weighted by molar-refractivity contribution is -0.120. The number of nitrogens with zero attached hydrogens (tertiary/aromatic N) is 1. The third-order valence-corrected chi connectivity index (χ3v) is 5.57. The first-order chi connectivity index (χ1) is 14.2. The number of para-hydroxylation sites is 1. The highest BCUT2D eigenvalue weighted by Crippen LogP contribution is 2.23. The van der Waals surface area contributed by atoms with Crippen LogP contribution in [-0.4, -0.2) is 37.6 Å². The number of rotatable bonds is 7. The van der Waals surface area contributed by atoms with E-state index in [0.717, 1.165) is 67.1 Å². The molecule has 0 unspecified atom stereocenters. The largest absolute Gasteiger partial charge is 0.497 e. The van der Waals surface area contributed by atoms with Crippen LogP contribution in [0.3, 0.4) is 0 Å². The Morgan fingerprint density at radius 2 is 2.03 bits per heavy atom. The van der Waals surface area contributed by atoms with Gasteiger partial charge in [-0.15, -0.1) is 0 Å². The lowest BCUT2D eigenvalue weighted by Crippen LogP contribution is -2.40. The molecule has 0 spiro atoms. The third-order valence-electron chi connectivity index (χ3n) is 5.57. The van der Waals surface area contributed by atoms with Crippen molar-refractivity contribution in [2.24, 2.45) is 5.92 Å². The summed E-state index contributed by atoms with van der Waals surface area (Å²) < 4.78 is 11.1. The van der Waals surface area contributed by atoms with Gasteiger partial charge in [-0.3, -0.25) is 9.69 Å². The van der Waals surface area contributed by atoms with Crippen LogP contribution < -0.4 is 10.1 Å². The van der Waals surface area contributed by atoms with Crippen molar-refractivity contribution < 1.29 is 13.9 Å². The molecule has 2 heterocycles. The number of ether oxygens (including phenoxy) is 1. The number of nitrogens with one attached hydrogen (secondary N) is 1. The van der Waals surface area contributed by atoms with Crippen LogP contribution in [0.1, 0.15) is 24.2 Å². The fraction of sp³-hybridized carbons (Fsp3) is 0.375. The Hall–Kier alpha value is -2.79. The molecule has 1 amide bonds. The SMILES string of the molecule is COc1ccc(CC(=O)NC[C@H]2CCCN(Cc3cc4ccccc4o3)C2)cc1. The van der Waals surface area contributed by atoms with Crippen LogP contribution in [0.25, 0.3) is 11.0 Å². The van der Waals surface area contributed by atoms with Gasteiger partial charge >= 0.3 is 0 Å². The summed E-state index contributed by atoms with van der Waals surface area (Å²) in [5.41, 5.74) is 1.94. The Bertz CT molecular complexity index is 915. The van der Waals surface area contributed by atoms with Crippen molar-refractivity contribution in [1.82, 2.24) is 10.2 Å². The second-order valence-corrected chi connectivity index (χ2v) is 7.82. The summed E-state index contributed by atoms with van der Waals surface area (Å²) in [6.45, 7) is 3.61. The van der Waals surface area contributed by atoms with Crippen LogP contribution in [0.15, 0.2) is 59.0 Å². The molecule has 1 aliphatic heterocycles. The van der Waals surface area contributed by atoms with E-state index < -0.39 is 0 Å². The van der Waals surface area contributed by atoms with Gasteiger partial charge in [-0.2, -0.15) is 0 Å². The van der Waals surface area contributed by atoms with Gasteiger partial charge in [0.15, 0.2) is 0 Å². The molecule has 2 aromatic carbocycles. The van der Waals surface area contributed by atoms with E-state index in [4.69, 9.17) is 9.15 Å². The van der Waals surface area contributed by atoms with E-state index in [0.29, 0.717) is 12.3 Å². The average molecular weight is 392 g/mol. The molecule has 5 heteroatoms. The highest BCUT2D eigenvalue weighted by molar-refractivity contribution is 5.78. The van der Waals surface area contributed by atoms with E-state index in [9.17, 15) is 4.79 Å². The van der Waals surface area contributed by atoms with Gasteiger partial charge in [-0.25, -0.2) is 0 Å². The quantitative estimate of drug-likeness (QED) is 0.660. The number of hydrogen-bond donors (Lipinski definition) is 1. The minimum Gasteiger partial charge on any atom is -0.497 e. The molecular formula is C24H28N2O3. The van der Waals surface area contributed by atoms with Gasteiger partial charge < -0.3 is 14.5 Å². The molecule has 3 aromatic rings. The number of benzene rings is 2. The Morgan fingerprint density at radius 3 is 2.83 bits per heavy atom. The number of amides is 1. The lowest BCUT2D eigenvalue weighted by atomic mass is 9.97. The van der Waals surface area contributed by atoms with E-state index in [1.807, 2.05) is 42.5 Å². The number of fused-ring (bicyclic) bond motifs is 1. The number of hydrogen-bond acceptors (Lipinski definition) is 4. The summed E-state index contributed by atoms with van der Waals surface area (Å²) in [6.07, 6.45) is 2.71. The second-order valence-electron chi connectivity index (χ2n) is 7.82. The molecule has 152 valence electrons. The molecule has 0 bridgehead atoms. The fourth-order valence-corrected chi connectivity index (χ4v) is 4.05. The van der Waals surface area contributed by atoms with Crippen LogP contribution in [0.2, 0.25) is 0 Å². The normalized spacial score (nSPS) is 17.3. The molecule has 1 saturated heterocycles. The summed E-state index contributed by atoms with van der Waals surface area (Å²) in [7, 11) is 1.64. The summed E-state index contributed by atoms with van der Waals surface area (Å²) in [6, 6.07) is 17.9. The number of carbonyl (C=O) groups is 1. The highest BCUT2D eigenvalue weighted by atomic mass is 16.5. The molecule has 0 radical (unpaired) electrons. The maximum Gasteiger partial charge on any atom is 0.224 e. The Kier molecular flexibility index (Phi) is 6.15.